The van der Waals surface area contributed by atoms with E-state index >= 15 is 0 Å². The second kappa shape index (κ2) is 10.2. The minimum atomic E-state index is -1.13. The first-order valence-corrected chi connectivity index (χ1v) is 13.3. The second-order valence-corrected chi connectivity index (χ2v) is 10.3. The number of ether oxygens (including phenoxy) is 3. The maximum atomic E-state index is 11.9. The Bertz CT molecular complexity index is 1710. The average Bonchev–Trinajstić information content (AvgIpc) is 3.36. The van der Waals surface area contributed by atoms with Crippen molar-refractivity contribution in [3.8, 4) is 27.8 Å². The molecule has 1 aliphatic heterocycles. The van der Waals surface area contributed by atoms with Crippen LogP contribution in [0.25, 0.3) is 31.7 Å². The number of amides is 1. The molecule has 0 bridgehead atoms. The number of carboxylic acid groups (broad SMARTS) is 1. The van der Waals surface area contributed by atoms with Crippen LogP contribution < -0.4 is 19.1 Å². The molecule has 1 atom stereocenters. The van der Waals surface area contributed by atoms with E-state index in [0.29, 0.717) is 40.4 Å². The number of aromatic nitrogens is 4. The summed E-state index contributed by atoms with van der Waals surface area (Å²) in [4.78, 5) is 30.7. The van der Waals surface area contributed by atoms with Crippen LogP contribution in [0, 0.1) is 6.92 Å². The van der Waals surface area contributed by atoms with Crippen LogP contribution in [0.1, 0.15) is 12.7 Å². The molecular formula is C27H22ClN5O5S. The quantitative estimate of drug-likeness (QED) is 0.266. The summed E-state index contributed by atoms with van der Waals surface area (Å²) in [5.74, 6) is 2.33. The van der Waals surface area contributed by atoms with Crippen molar-refractivity contribution in [3.63, 3.8) is 0 Å². The van der Waals surface area contributed by atoms with Crippen LogP contribution in [0.4, 0.5) is 10.5 Å². The van der Waals surface area contributed by atoms with Gasteiger partial charge in [0.25, 0.3) is 0 Å². The van der Waals surface area contributed by atoms with E-state index in [4.69, 9.17) is 30.8 Å². The average molecular weight is 564 g/mol. The van der Waals surface area contributed by atoms with E-state index in [9.17, 15) is 9.90 Å². The fraction of sp³-hybridized carbons (Fsp3) is 0.222. The van der Waals surface area contributed by atoms with Crippen molar-refractivity contribution in [1.29, 1.82) is 0 Å². The Balaban J connectivity index is 1.31. The van der Waals surface area contributed by atoms with Gasteiger partial charge in [-0.15, -0.1) is 11.3 Å². The Morgan fingerprint density at radius 2 is 2.03 bits per heavy atom. The van der Waals surface area contributed by atoms with Gasteiger partial charge in [-0.3, -0.25) is 9.88 Å². The van der Waals surface area contributed by atoms with Gasteiger partial charge in [0.05, 0.1) is 48.5 Å². The Morgan fingerprint density at radius 3 is 2.79 bits per heavy atom. The van der Waals surface area contributed by atoms with Crippen molar-refractivity contribution in [3.05, 3.63) is 59.8 Å². The zero-order valence-corrected chi connectivity index (χ0v) is 22.5. The highest BCUT2D eigenvalue weighted by Crippen LogP contribution is 2.45. The molecule has 5 aromatic rings. The van der Waals surface area contributed by atoms with Crippen LogP contribution in [-0.4, -0.2) is 57.0 Å². The molecule has 0 unspecified atom stereocenters. The van der Waals surface area contributed by atoms with E-state index in [0.717, 1.165) is 36.6 Å². The molecule has 12 heteroatoms. The van der Waals surface area contributed by atoms with Crippen LogP contribution in [0.2, 0.25) is 5.02 Å². The zero-order chi connectivity index (χ0) is 27.1. The highest BCUT2D eigenvalue weighted by atomic mass is 35.5. The first-order valence-electron chi connectivity index (χ1n) is 12.1. The summed E-state index contributed by atoms with van der Waals surface area (Å²) >= 11 is 7.91. The minimum absolute atomic E-state index is 0.0527. The number of hydrogen-bond donors (Lipinski definition) is 1. The lowest BCUT2D eigenvalue weighted by Crippen LogP contribution is -2.43. The summed E-state index contributed by atoms with van der Waals surface area (Å²) in [6.07, 6.45) is 2.99. The molecule has 1 N–H and O–H groups in total. The minimum Gasteiger partial charge on any atom is -0.492 e. The molecule has 2 aromatic carbocycles. The number of benzene rings is 2. The van der Waals surface area contributed by atoms with Crippen molar-refractivity contribution in [2.24, 2.45) is 0 Å². The van der Waals surface area contributed by atoms with Crippen molar-refractivity contribution in [1.82, 2.24) is 19.9 Å². The monoisotopic (exact) mass is 563 g/mol. The number of anilines is 1. The predicted octanol–water partition coefficient (Wildman–Crippen LogP) is 5.99. The summed E-state index contributed by atoms with van der Waals surface area (Å²) in [7, 11) is 0. The fourth-order valence-electron chi connectivity index (χ4n) is 4.40. The van der Waals surface area contributed by atoms with Gasteiger partial charge in [-0.1, -0.05) is 11.6 Å². The van der Waals surface area contributed by atoms with Gasteiger partial charge in [-0.05, 0) is 44.2 Å². The molecule has 1 amide bonds. The Hall–Kier alpha value is -4.22. The molecule has 1 aliphatic rings. The highest BCUT2D eigenvalue weighted by Gasteiger charge is 2.29. The first kappa shape index (κ1) is 25.1. The summed E-state index contributed by atoms with van der Waals surface area (Å²) < 4.78 is 18.7. The van der Waals surface area contributed by atoms with Crippen LogP contribution in [0.15, 0.2) is 48.9 Å². The van der Waals surface area contributed by atoms with Crippen LogP contribution in [0.5, 0.6) is 17.2 Å². The normalized spacial score (nSPS) is 14.5. The van der Waals surface area contributed by atoms with Gasteiger partial charge in [0.1, 0.15) is 27.9 Å². The van der Waals surface area contributed by atoms with Crippen LogP contribution >= 0.6 is 22.9 Å². The molecule has 3 aromatic heterocycles. The van der Waals surface area contributed by atoms with Gasteiger partial charge in [0.2, 0.25) is 0 Å². The number of hydrogen-bond acceptors (Lipinski definition) is 9. The summed E-state index contributed by atoms with van der Waals surface area (Å²) in [5.41, 5.74) is 2.68. The van der Waals surface area contributed by atoms with Crippen molar-refractivity contribution in [2.75, 3.05) is 24.7 Å². The number of halogens is 1. The van der Waals surface area contributed by atoms with Gasteiger partial charge in [-0.2, -0.15) is 0 Å². The summed E-state index contributed by atoms with van der Waals surface area (Å²) in [6.45, 7) is 4.42. The molecule has 0 aliphatic carbocycles. The molecule has 0 spiro atoms. The Morgan fingerprint density at radius 1 is 1.21 bits per heavy atom. The Labute approximate surface area is 231 Å². The van der Waals surface area contributed by atoms with Crippen molar-refractivity contribution in [2.45, 2.75) is 20.0 Å². The molecule has 4 heterocycles. The highest BCUT2D eigenvalue weighted by molar-refractivity contribution is 7.22. The molecule has 198 valence electrons. The molecule has 10 nitrogen and oxygen atoms in total. The first-order chi connectivity index (χ1) is 18.9. The maximum Gasteiger partial charge on any atom is 0.412 e. The van der Waals surface area contributed by atoms with E-state index in [1.54, 1.807) is 19.2 Å². The number of aryl methyl sites for hydroxylation is 1. The molecule has 0 radical (unpaired) electrons. The van der Waals surface area contributed by atoms with Gasteiger partial charge in [0, 0.05) is 16.0 Å². The van der Waals surface area contributed by atoms with Gasteiger partial charge in [0.15, 0.2) is 17.6 Å². The molecule has 0 saturated heterocycles. The van der Waals surface area contributed by atoms with Crippen LogP contribution in [0.3, 0.4) is 0 Å². The van der Waals surface area contributed by atoms with E-state index in [1.807, 2.05) is 31.2 Å². The largest absolute Gasteiger partial charge is 0.492 e. The number of carbonyl (C=O) groups is 1. The van der Waals surface area contributed by atoms with E-state index in [2.05, 4.69) is 15.0 Å². The lowest BCUT2D eigenvalue weighted by Gasteiger charge is -2.30. The molecule has 39 heavy (non-hydrogen) atoms. The number of thiazole rings is 1. The maximum absolute atomic E-state index is 11.9. The third kappa shape index (κ3) is 4.86. The summed E-state index contributed by atoms with van der Waals surface area (Å²) in [5, 5.41) is 11.9. The van der Waals surface area contributed by atoms with Crippen molar-refractivity contribution < 1.29 is 24.1 Å². The van der Waals surface area contributed by atoms with E-state index in [-0.39, 0.29) is 13.2 Å². The predicted molar refractivity (Wildman–Crippen MR) is 149 cm³/mol. The second-order valence-electron chi connectivity index (χ2n) is 8.82. The SMILES string of the molecule is CCOc1cnc2c(-c3nc4ccc5c(c4s3)OC[C@@H](CN(C(=O)O)c3cnc(C)nc3)O5)cc(Cl)cc2c1. The number of pyridine rings is 1. The smallest absolute Gasteiger partial charge is 0.412 e. The lowest BCUT2D eigenvalue weighted by molar-refractivity contribution is 0.0961. The third-order valence-corrected chi connectivity index (χ3v) is 7.46. The van der Waals surface area contributed by atoms with Gasteiger partial charge in [-0.25, -0.2) is 19.7 Å². The number of nitrogens with zero attached hydrogens (tertiary/aromatic N) is 5. The summed E-state index contributed by atoms with van der Waals surface area (Å²) in [6, 6.07) is 9.26. The van der Waals surface area contributed by atoms with Crippen LogP contribution in [-0.2, 0) is 0 Å². The fourth-order valence-corrected chi connectivity index (χ4v) is 5.70. The lowest BCUT2D eigenvalue weighted by atomic mass is 10.1. The molecule has 6 rings (SSSR count). The molecule has 0 fully saturated rings. The number of fused-ring (bicyclic) bond motifs is 4. The Kier molecular flexibility index (Phi) is 6.53. The topological polar surface area (TPSA) is 120 Å². The molecular weight excluding hydrogens is 542 g/mol. The van der Waals surface area contributed by atoms with Gasteiger partial charge >= 0.3 is 6.09 Å². The zero-order valence-electron chi connectivity index (χ0n) is 20.9. The third-order valence-electron chi connectivity index (χ3n) is 6.14. The van der Waals surface area contributed by atoms with Crippen molar-refractivity contribution >= 4 is 55.8 Å². The molecule has 0 saturated carbocycles. The number of rotatable bonds is 6. The van der Waals surface area contributed by atoms with Gasteiger partial charge < -0.3 is 19.3 Å². The van der Waals surface area contributed by atoms with E-state index in [1.165, 1.54) is 23.7 Å². The van der Waals surface area contributed by atoms with E-state index < -0.39 is 12.2 Å². The standard InChI is InChI=1S/C27H22ClN5O5S/c1-3-36-18-7-15-6-16(28)8-20(23(15)31-11-18)26-32-21-4-5-22-24(25(21)39-26)37-13-19(38-22)12-33(27(34)35)17-9-29-14(2)30-10-17/h4-11,19H,3,12-13H2,1-2H3,(H,34,35)/t19-/m1/s1.